The minimum atomic E-state index is -0.842. The Morgan fingerprint density at radius 3 is 1.03 bits per heavy atom. The second-order valence-electron chi connectivity index (χ2n) is 19.0. The maximum absolute atomic E-state index is 12.5. The number of allylic oxidation sites excluding steroid dienone is 11. The molecule has 372 valence electrons. The van der Waals surface area contributed by atoms with Gasteiger partial charge >= 0.3 is 0 Å². The highest BCUT2D eigenvalue weighted by atomic mass is 16.3. The van der Waals surface area contributed by atoms with E-state index in [2.05, 4.69) is 79.9 Å². The molecule has 1 amide bonds. The predicted octanol–water partition coefficient (Wildman–Crippen LogP) is 18.6. The fourth-order valence-electron chi connectivity index (χ4n) is 8.44. The van der Waals surface area contributed by atoms with Crippen LogP contribution in [0.15, 0.2) is 72.9 Å². The molecule has 0 aromatic carbocycles. The molecule has 0 bridgehead atoms. The van der Waals surface area contributed by atoms with E-state index in [4.69, 9.17) is 0 Å². The minimum Gasteiger partial charge on any atom is -0.394 e. The van der Waals surface area contributed by atoms with Crippen LogP contribution in [0.3, 0.4) is 0 Å². The van der Waals surface area contributed by atoms with Crippen LogP contribution in [0.4, 0.5) is 0 Å². The molecule has 0 spiro atoms. The first-order valence-corrected chi connectivity index (χ1v) is 28.2. The third kappa shape index (κ3) is 50.8. The number of nitrogens with one attached hydrogen (secondary N) is 1. The van der Waals surface area contributed by atoms with Crippen molar-refractivity contribution in [3.63, 3.8) is 0 Å². The van der Waals surface area contributed by atoms with E-state index in [1.165, 1.54) is 205 Å². The number of aliphatic hydroxyl groups excluding tert-OH is 2. The van der Waals surface area contributed by atoms with Crippen LogP contribution < -0.4 is 5.32 Å². The average molecular weight is 893 g/mol. The number of hydrogen-bond acceptors (Lipinski definition) is 3. The van der Waals surface area contributed by atoms with Crippen molar-refractivity contribution in [3.8, 4) is 0 Å². The molecule has 0 aliphatic heterocycles. The highest BCUT2D eigenvalue weighted by Gasteiger charge is 2.18. The van der Waals surface area contributed by atoms with Crippen molar-refractivity contribution in [3.05, 3.63) is 72.9 Å². The fraction of sp³-hybridized carbons (Fsp3) is 0.783. The largest absolute Gasteiger partial charge is 0.394 e. The van der Waals surface area contributed by atoms with Gasteiger partial charge < -0.3 is 15.5 Å². The number of aliphatic hydroxyl groups is 2. The summed E-state index contributed by atoms with van der Waals surface area (Å²) >= 11 is 0. The summed E-state index contributed by atoms with van der Waals surface area (Å²) in [4.78, 5) is 12.5. The van der Waals surface area contributed by atoms with Crippen LogP contribution in [0.2, 0.25) is 0 Å². The summed E-state index contributed by atoms with van der Waals surface area (Å²) in [5.41, 5.74) is 0. The van der Waals surface area contributed by atoms with Crippen LogP contribution in [0, 0.1) is 0 Å². The molecule has 0 fully saturated rings. The monoisotopic (exact) mass is 892 g/mol. The molecule has 4 nitrogen and oxygen atoms in total. The summed E-state index contributed by atoms with van der Waals surface area (Å²) in [7, 11) is 0. The predicted molar refractivity (Wildman–Crippen MR) is 285 cm³/mol. The van der Waals surface area contributed by atoms with Crippen LogP contribution >= 0.6 is 0 Å². The van der Waals surface area contributed by atoms with Gasteiger partial charge in [0.15, 0.2) is 0 Å². The first kappa shape index (κ1) is 61.8. The number of carbonyl (C=O) groups excluding carboxylic acids is 1. The molecule has 2 atom stereocenters. The maximum Gasteiger partial charge on any atom is 0.220 e. The number of carbonyl (C=O) groups is 1. The summed E-state index contributed by atoms with van der Waals surface area (Å²) in [6.45, 7) is 4.22. The molecule has 0 heterocycles. The van der Waals surface area contributed by atoms with E-state index in [0.29, 0.717) is 6.42 Å². The lowest BCUT2D eigenvalue weighted by Gasteiger charge is -2.20. The van der Waals surface area contributed by atoms with E-state index in [-0.39, 0.29) is 12.5 Å². The zero-order valence-electron chi connectivity index (χ0n) is 42.8. The molecular weight excluding hydrogens is 783 g/mol. The van der Waals surface area contributed by atoms with Crippen molar-refractivity contribution in [2.24, 2.45) is 0 Å². The molecule has 0 aromatic heterocycles. The van der Waals surface area contributed by atoms with Crippen LogP contribution in [0.5, 0.6) is 0 Å². The standard InChI is InChI=1S/C60H109NO3/c1-3-5-7-9-11-13-15-17-19-21-23-25-26-27-28-29-30-31-32-33-34-36-38-40-42-44-46-48-50-52-54-56-60(64)61-58(57-62)59(63)55-53-51-49-47-45-43-41-39-37-35-24-22-20-18-16-14-12-10-8-6-4-2/h5,7,11,13,17,19,23,25,27-28,53,55,58-59,62-63H,3-4,6,8-10,12,14-16,18,20-22,24,26,29-52,54,56-57H2,1-2H3,(H,61,64)/b7-5-,13-11-,19-17-,25-23-,28-27-,55-53+. The molecule has 0 saturated carbocycles. The van der Waals surface area contributed by atoms with Gasteiger partial charge in [0, 0.05) is 6.42 Å². The SMILES string of the molecule is CC/C=C\C/C=C\C/C=C\C/C=C\C/C=C\CCCCCCCCCCCCCCCCCC(=O)NC(CO)C(O)/C=C/CCCCCCCCCCCCCCCCCCCCC. The smallest absolute Gasteiger partial charge is 0.220 e. The highest BCUT2D eigenvalue weighted by Crippen LogP contribution is 2.17. The molecule has 0 aromatic rings. The van der Waals surface area contributed by atoms with Crippen molar-refractivity contribution in [2.45, 2.75) is 296 Å². The Balaban J connectivity index is 3.51. The van der Waals surface area contributed by atoms with Gasteiger partial charge in [0.05, 0.1) is 18.8 Å². The molecule has 2 unspecified atom stereocenters. The van der Waals surface area contributed by atoms with E-state index >= 15 is 0 Å². The van der Waals surface area contributed by atoms with Crippen LogP contribution in [0.25, 0.3) is 0 Å². The molecule has 4 heteroatoms. The third-order valence-corrected chi connectivity index (χ3v) is 12.7. The number of rotatable bonds is 51. The summed E-state index contributed by atoms with van der Waals surface area (Å²) < 4.78 is 0. The second-order valence-corrected chi connectivity index (χ2v) is 19.0. The van der Waals surface area contributed by atoms with Crippen LogP contribution in [-0.4, -0.2) is 34.9 Å². The zero-order chi connectivity index (χ0) is 46.3. The van der Waals surface area contributed by atoms with Crippen molar-refractivity contribution < 1.29 is 15.0 Å². The topological polar surface area (TPSA) is 69.6 Å². The van der Waals surface area contributed by atoms with Crippen molar-refractivity contribution in [1.82, 2.24) is 5.32 Å². The molecule has 0 radical (unpaired) electrons. The van der Waals surface area contributed by atoms with Gasteiger partial charge in [-0.05, 0) is 64.2 Å². The molecule has 0 rings (SSSR count). The van der Waals surface area contributed by atoms with E-state index in [0.717, 1.165) is 57.8 Å². The molecule has 0 aliphatic carbocycles. The van der Waals surface area contributed by atoms with E-state index in [1.54, 1.807) is 6.08 Å². The quantitative estimate of drug-likeness (QED) is 0.0421. The molecule has 0 saturated heterocycles. The average Bonchev–Trinajstić information content (AvgIpc) is 3.30. The Morgan fingerprint density at radius 2 is 0.688 bits per heavy atom. The van der Waals surface area contributed by atoms with Gasteiger partial charge in [0.1, 0.15) is 0 Å². The Hall–Kier alpha value is -2.17. The van der Waals surface area contributed by atoms with Crippen LogP contribution in [0.1, 0.15) is 284 Å². The fourth-order valence-corrected chi connectivity index (χ4v) is 8.44. The van der Waals surface area contributed by atoms with Gasteiger partial charge in [-0.3, -0.25) is 4.79 Å². The van der Waals surface area contributed by atoms with E-state index < -0.39 is 12.1 Å². The number of hydrogen-bond donors (Lipinski definition) is 3. The van der Waals surface area contributed by atoms with Crippen molar-refractivity contribution >= 4 is 5.91 Å². The van der Waals surface area contributed by atoms with Gasteiger partial charge in [0.2, 0.25) is 5.91 Å². The van der Waals surface area contributed by atoms with Gasteiger partial charge in [-0.15, -0.1) is 0 Å². The Labute approximate surface area is 399 Å². The van der Waals surface area contributed by atoms with Gasteiger partial charge in [-0.25, -0.2) is 0 Å². The maximum atomic E-state index is 12.5. The normalized spacial score (nSPS) is 13.4. The van der Waals surface area contributed by atoms with Gasteiger partial charge in [-0.1, -0.05) is 286 Å². The lowest BCUT2D eigenvalue weighted by molar-refractivity contribution is -0.123. The Kier molecular flexibility index (Phi) is 53.3. The van der Waals surface area contributed by atoms with Gasteiger partial charge in [0.25, 0.3) is 0 Å². The van der Waals surface area contributed by atoms with E-state index in [1.807, 2.05) is 6.08 Å². The summed E-state index contributed by atoms with van der Waals surface area (Å²) in [6.07, 6.45) is 79.1. The third-order valence-electron chi connectivity index (χ3n) is 12.7. The number of unbranched alkanes of at least 4 members (excludes halogenated alkanes) is 34. The second kappa shape index (κ2) is 55.2. The molecule has 3 N–H and O–H groups in total. The first-order valence-electron chi connectivity index (χ1n) is 28.2. The van der Waals surface area contributed by atoms with Crippen molar-refractivity contribution in [2.75, 3.05) is 6.61 Å². The molecule has 64 heavy (non-hydrogen) atoms. The lowest BCUT2D eigenvalue weighted by Crippen LogP contribution is -2.45. The summed E-state index contributed by atoms with van der Waals surface area (Å²) in [5, 5.41) is 23.2. The molecule has 0 aliphatic rings. The highest BCUT2D eigenvalue weighted by molar-refractivity contribution is 5.76. The number of amides is 1. The van der Waals surface area contributed by atoms with Gasteiger partial charge in [-0.2, -0.15) is 0 Å². The summed E-state index contributed by atoms with van der Waals surface area (Å²) in [5.74, 6) is -0.0633. The zero-order valence-corrected chi connectivity index (χ0v) is 42.8. The van der Waals surface area contributed by atoms with Crippen LogP contribution in [-0.2, 0) is 4.79 Å². The van der Waals surface area contributed by atoms with Crippen molar-refractivity contribution in [1.29, 1.82) is 0 Å². The van der Waals surface area contributed by atoms with E-state index in [9.17, 15) is 15.0 Å². The minimum absolute atomic E-state index is 0.0633. The Morgan fingerprint density at radius 1 is 0.391 bits per heavy atom. The first-order chi connectivity index (χ1) is 31.7. The Bertz CT molecular complexity index is 1100. The summed E-state index contributed by atoms with van der Waals surface area (Å²) in [6, 6.07) is -0.625. The molecular formula is C60H109NO3. The lowest BCUT2D eigenvalue weighted by atomic mass is 10.0.